The molecule has 21 heavy (non-hydrogen) atoms. The summed E-state index contributed by atoms with van der Waals surface area (Å²) in [4.78, 5) is 13.9. The molecule has 3 rings (SSSR count). The van der Waals surface area contributed by atoms with E-state index in [4.69, 9.17) is 12.2 Å². The number of nitrogens with one attached hydrogen (secondary N) is 2. The van der Waals surface area contributed by atoms with E-state index in [9.17, 15) is 0 Å². The average Bonchev–Trinajstić information content (AvgIpc) is 3.20. The van der Waals surface area contributed by atoms with E-state index in [2.05, 4.69) is 36.5 Å². The van der Waals surface area contributed by atoms with Crippen LogP contribution in [0, 0.1) is 0 Å². The molecule has 6 nitrogen and oxygen atoms in total. The van der Waals surface area contributed by atoms with Gasteiger partial charge in [0.25, 0.3) is 0 Å². The summed E-state index contributed by atoms with van der Waals surface area (Å²) in [5, 5.41) is 6.51. The zero-order valence-corrected chi connectivity index (χ0v) is 13.2. The van der Waals surface area contributed by atoms with Crippen molar-refractivity contribution >= 4 is 34.9 Å². The predicted molar refractivity (Wildman–Crippen MR) is 90.2 cm³/mol. The fourth-order valence-corrected chi connectivity index (χ4v) is 2.95. The van der Waals surface area contributed by atoms with Crippen molar-refractivity contribution in [2.45, 2.75) is 25.7 Å². The molecule has 0 amide bonds. The van der Waals surface area contributed by atoms with Crippen molar-refractivity contribution < 1.29 is 0 Å². The summed E-state index contributed by atoms with van der Waals surface area (Å²) >= 11 is 5.16. The normalized spacial score (nSPS) is 18.1. The van der Waals surface area contributed by atoms with Gasteiger partial charge in [-0.1, -0.05) is 0 Å². The number of hydrogen-bond donors (Lipinski definition) is 2. The lowest BCUT2D eigenvalue weighted by Crippen LogP contribution is -2.28. The van der Waals surface area contributed by atoms with Gasteiger partial charge in [-0.2, -0.15) is 9.97 Å². The van der Waals surface area contributed by atoms with Crippen LogP contribution in [0.2, 0.25) is 0 Å². The zero-order chi connectivity index (χ0) is 14.7. The van der Waals surface area contributed by atoms with Gasteiger partial charge in [-0.05, 0) is 37.9 Å². The highest BCUT2D eigenvalue weighted by atomic mass is 32.1. The minimum absolute atomic E-state index is 0.543. The molecule has 2 aliphatic rings. The van der Waals surface area contributed by atoms with E-state index in [0.29, 0.717) is 11.1 Å². The van der Waals surface area contributed by atoms with E-state index >= 15 is 0 Å². The first-order chi connectivity index (χ1) is 10.3. The Morgan fingerprint density at radius 1 is 1.00 bits per heavy atom. The van der Waals surface area contributed by atoms with Crippen molar-refractivity contribution in [1.29, 1.82) is 0 Å². The summed E-state index contributed by atoms with van der Waals surface area (Å²) in [7, 11) is 1.79. The van der Waals surface area contributed by atoms with Crippen LogP contribution in [0.25, 0.3) is 0 Å². The molecule has 0 bridgehead atoms. The van der Waals surface area contributed by atoms with Gasteiger partial charge in [0.05, 0.1) is 0 Å². The summed E-state index contributed by atoms with van der Waals surface area (Å²) in [6.45, 7) is 4.30. The molecule has 1 aromatic rings. The van der Waals surface area contributed by atoms with Crippen LogP contribution in [0.1, 0.15) is 25.7 Å². The highest BCUT2D eigenvalue weighted by molar-refractivity contribution is 7.80. The first kappa shape index (κ1) is 14.3. The van der Waals surface area contributed by atoms with Crippen LogP contribution < -0.4 is 20.4 Å². The smallest absolute Gasteiger partial charge is 0.232 e. The molecule has 0 spiro atoms. The van der Waals surface area contributed by atoms with E-state index in [-0.39, 0.29) is 0 Å². The summed E-state index contributed by atoms with van der Waals surface area (Å²) < 4.78 is 0. The van der Waals surface area contributed by atoms with Gasteiger partial charge in [-0.3, -0.25) is 0 Å². The van der Waals surface area contributed by atoms with Gasteiger partial charge >= 0.3 is 0 Å². The lowest BCUT2D eigenvalue weighted by Gasteiger charge is -2.22. The minimum atomic E-state index is 0.543. The van der Waals surface area contributed by atoms with Gasteiger partial charge in [-0.25, -0.2) is 0 Å². The Hall–Kier alpha value is -1.63. The summed E-state index contributed by atoms with van der Waals surface area (Å²) in [6, 6.07) is 2.12. The van der Waals surface area contributed by atoms with Crippen LogP contribution in [-0.2, 0) is 0 Å². The fraction of sp³-hybridized carbons (Fsp3) is 0.643. The average molecular weight is 306 g/mol. The van der Waals surface area contributed by atoms with Crippen molar-refractivity contribution in [3.63, 3.8) is 0 Å². The van der Waals surface area contributed by atoms with E-state index in [1.165, 1.54) is 25.7 Å². The topological polar surface area (TPSA) is 56.3 Å². The van der Waals surface area contributed by atoms with Crippen LogP contribution in [-0.4, -0.2) is 48.3 Å². The Morgan fingerprint density at radius 2 is 1.48 bits per heavy atom. The van der Waals surface area contributed by atoms with E-state index < -0.39 is 0 Å². The van der Waals surface area contributed by atoms with Crippen LogP contribution in [0.4, 0.5) is 17.6 Å². The number of nitrogens with zero attached hydrogens (tertiary/aromatic N) is 4. The summed E-state index contributed by atoms with van der Waals surface area (Å²) in [6.07, 6.45) is 4.95. The molecule has 0 radical (unpaired) electrons. The maximum Gasteiger partial charge on any atom is 0.232 e. The third kappa shape index (κ3) is 3.34. The maximum atomic E-state index is 5.16. The Morgan fingerprint density at radius 3 is 1.90 bits per heavy atom. The molecule has 2 N–H and O–H groups in total. The highest BCUT2D eigenvalue weighted by Crippen LogP contribution is 2.26. The number of rotatable bonds is 3. The third-order valence-electron chi connectivity index (χ3n) is 4.01. The summed E-state index contributed by atoms with van der Waals surface area (Å²) in [5.41, 5.74) is 0. The molecule has 1 aromatic heterocycles. The van der Waals surface area contributed by atoms with E-state index in [1.807, 2.05) is 0 Å². The molecular weight excluding hydrogens is 284 g/mol. The largest absolute Gasteiger partial charge is 0.365 e. The second-order valence-electron chi connectivity index (χ2n) is 5.50. The van der Waals surface area contributed by atoms with Crippen molar-refractivity contribution in [1.82, 2.24) is 15.3 Å². The molecule has 3 heterocycles. The van der Waals surface area contributed by atoms with Gasteiger partial charge < -0.3 is 20.4 Å². The fourth-order valence-electron chi connectivity index (χ4n) is 2.86. The van der Waals surface area contributed by atoms with Crippen LogP contribution in [0.15, 0.2) is 6.07 Å². The van der Waals surface area contributed by atoms with Gasteiger partial charge in [-0.15, -0.1) is 0 Å². The molecule has 0 unspecified atom stereocenters. The lowest BCUT2D eigenvalue weighted by molar-refractivity contribution is 0.899. The van der Waals surface area contributed by atoms with Gasteiger partial charge in [0.15, 0.2) is 5.11 Å². The number of hydrogen-bond acceptors (Lipinski definition) is 5. The van der Waals surface area contributed by atoms with Crippen molar-refractivity contribution in [3.05, 3.63) is 6.07 Å². The van der Waals surface area contributed by atoms with Gasteiger partial charge in [0.1, 0.15) is 11.6 Å². The molecule has 0 aliphatic carbocycles. The first-order valence-corrected chi connectivity index (χ1v) is 8.05. The minimum Gasteiger partial charge on any atom is -0.365 e. The molecule has 2 fully saturated rings. The SMILES string of the molecule is CNC(=S)Nc1nc(N2CCCC2)cc(N2CCCC2)n1. The quantitative estimate of drug-likeness (QED) is 0.823. The van der Waals surface area contributed by atoms with E-state index in [1.54, 1.807) is 7.05 Å². The van der Waals surface area contributed by atoms with Crippen molar-refractivity contribution in [2.24, 2.45) is 0 Å². The number of aromatic nitrogens is 2. The molecule has 7 heteroatoms. The van der Waals surface area contributed by atoms with Crippen LogP contribution in [0.3, 0.4) is 0 Å². The zero-order valence-electron chi connectivity index (χ0n) is 12.4. The highest BCUT2D eigenvalue weighted by Gasteiger charge is 2.20. The molecule has 0 atom stereocenters. The molecule has 2 saturated heterocycles. The molecule has 0 saturated carbocycles. The predicted octanol–water partition coefficient (Wildman–Crippen LogP) is 1.59. The molecule has 114 valence electrons. The molecule has 0 aromatic carbocycles. The Kier molecular flexibility index (Phi) is 4.38. The second-order valence-corrected chi connectivity index (χ2v) is 5.91. The van der Waals surface area contributed by atoms with Crippen molar-refractivity contribution in [2.75, 3.05) is 48.3 Å². The Bertz CT molecular complexity index is 474. The van der Waals surface area contributed by atoms with Gasteiger partial charge in [0.2, 0.25) is 5.95 Å². The van der Waals surface area contributed by atoms with Crippen molar-refractivity contribution in [3.8, 4) is 0 Å². The number of thiocarbonyl (C=S) groups is 1. The van der Waals surface area contributed by atoms with Crippen LogP contribution in [0.5, 0.6) is 0 Å². The Balaban J connectivity index is 1.88. The lowest BCUT2D eigenvalue weighted by atomic mass is 10.4. The Labute approximate surface area is 130 Å². The first-order valence-electron chi connectivity index (χ1n) is 7.64. The van der Waals surface area contributed by atoms with Gasteiger partial charge in [0, 0.05) is 39.3 Å². The monoisotopic (exact) mass is 306 g/mol. The van der Waals surface area contributed by atoms with Crippen LogP contribution >= 0.6 is 12.2 Å². The maximum absolute atomic E-state index is 5.16. The third-order valence-corrected chi connectivity index (χ3v) is 4.32. The number of anilines is 3. The molecule has 2 aliphatic heterocycles. The van der Waals surface area contributed by atoms with E-state index in [0.717, 1.165) is 37.8 Å². The second kappa shape index (κ2) is 6.43. The molecular formula is C14H22N6S. The standard InChI is InChI=1S/C14H22N6S/c1-15-14(21)18-13-16-11(19-6-2-3-7-19)10-12(17-13)20-8-4-5-9-20/h10H,2-9H2,1H3,(H2,15,16,17,18,21). The summed E-state index contributed by atoms with van der Waals surface area (Å²) in [5.74, 6) is 2.59.